The summed E-state index contributed by atoms with van der Waals surface area (Å²) in [5.74, 6) is 0.762. The Kier molecular flexibility index (Phi) is 6.16. The molecule has 2 heterocycles. The van der Waals surface area contributed by atoms with Crippen LogP contribution in [0.4, 0.5) is 5.69 Å². The van der Waals surface area contributed by atoms with Gasteiger partial charge in [0.2, 0.25) is 5.69 Å². The highest BCUT2D eigenvalue weighted by Crippen LogP contribution is 2.49. The second-order valence-corrected chi connectivity index (χ2v) is 11.1. The largest absolute Gasteiger partial charge is 0.496 e. The molecule has 0 N–H and O–H groups in total. The van der Waals surface area contributed by atoms with E-state index in [0.717, 1.165) is 66.8 Å². The molecule has 0 aliphatic carbocycles. The summed E-state index contributed by atoms with van der Waals surface area (Å²) >= 11 is 0. The van der Waals surface area contributed by atoms with Gasteiger partial charge in [-0.05, 0) is 39.8 Å². The summed E-state index contributed by atoms with van der Waals surface area (Å²) < 4.78 is 14.9. The number of pyridine rings is 1. The van der Waals surface area contributed by atoms with Crippen molar-refractivity contribution in [2.75, 3.05) is 7.11 Å². The fourth-order valence-electron chi connectivity index (χ4n) is 5.59. The second-order valence-electron chi connectivity index (χ2n) is 11.1. The van der Waals surface area contributed by atoms with E-state index < -0.39 is 0 Å². The predicted molar refractivity (Wildman–Crippen MR) is 163 cm³/mol. The second kappa shape index (κ2) is 9.70. The van der Waals surface area contributed by atoms with E-state index in [0.29, 0.717) is 5.69 Å². The third-order valence-electron chi connectivity index (χ3n) is 7.59. The summed E-state index contributed by atoms with van der Waals surface area (Å²) in [6.45, 7) is 14.6. The van der Waals surface area contributed by atoms with E-state index in [1.54, 1.807) is 7.11 Å². The van der Waals surface area contributed by atoms with Crippen molar-refractivity contribution in [2.24, 2.45) is 7.05 Å². The molecule has 0 bridgehead atoms. The van der Waals surface area contributed by atoms with Crippen LogP contribution in [0.5, 0.6) is 5.75 Å². The Morgan fingerprint density at radius 1 is 0.775 bits per heavy atom. The van der Waals surface area contributed by atoms with Crippen LogP contribution in [0.3, 0.4) is 0 Å². The molecule has 0 saturated heterocycles. The molecule has 0 aliphatic rings. The molecule has 0 fully saturated rings. The number of nitrogens with zero attached hydrogens (tertiary/aromatic N) is 2. The lowest BCUT2D eigenvalue weighted by atomic mass is 9.82. The number of aryl methyl sites for hydroxylation is 1. The average molecular weight is 524 g/mol. The molecule has 0 saturated carbocycles. The number of methoxy groups -OCH3 is 1. The first-order chi connectivity index (χ1) is 19.3. The fourth-order valence-corrected chi connectivity index (χ4v) is 5.59. The van der Waals surface area contributed by atoms with Gasteiger partial charge in [-0.1, -0.05) is 87.5 Å². The molecule has 0 aliphatic heterocycles. The van der Waals surface area contributed by atoms with Crippen molar-refractivity contribution < 1.29 is 13.7 Å². The van der Waals surface area contributed by atoms with Gasteiger partial charge in [-0.2, -0.15) is 0 Å². The molecule has 0 unspecified atom stereocenters. The molecule has 0 spiro atoms. The van der Waals surface area contributed by atoms with Crippen LogP contribution in [0.25, 0.3) is 60.3 Å². The zero-order valence-electron chi connectivity index (χ0n) is 23.4. The molecule has 40 heavy (non-hydrogen) atoms. The monoisotopic (exact) mass is 523 g/mol. The van der Waals surface area contributed by atoms with Crippen molar-refractivity contribution in [3.05, 3.63) is 114 Å². The number of furan rings is 1. The minimum Gasteiger partial charge on any atom is -0.496 e. The maximum atomic E-state index is 7.99. The fraction of sp³-hybridized carbons (Fsp3) is 0.167. The van der Waals surface area contributed by atoms with Crippen LogP contribution in [0.2, 0.25) is 0 Å². The number of rotatable bonds is 4. The van der Waals surface area contributed by atoms with E-state index in [1.165, 1.54) is 0 Å². The van der Waals surface area contributed by atoms with Gasteiger partial charge >= 0.3 is 0 Å². The standard InChI is InChI=1S/C36H31N2O2/c1-36(2,3)27-22-30(39-6)33(29-14-10-11-21-38(29)5)35-32(27)26-19-20-28(37-4)31(34(26)40-35)25-17-15-24(16-18-25)23-12-8-7-9-13-23/h7-22H,1-3,5-6H3/q+1. The van der Waals surface area contributed by atoms with Gasteiger partial charge in [0.15, 0.2) is 17.5 Å². The molecule has 4 aromatic carbocycles. The number of aromatic nitrogens is 1. The van der Waals surface area contributed by atoms with Crippen LogP contribution in [0, 0.1) is 6.57 Å². The summed E-state index contributed by atoms with van der Waals surface area (Å²) in [4.78, 5) is 3.91. The molecule has 0 radical (unpaired) electrons. The summed E-state index contributed by atoms with van der Waals surface area (Å²) in [6.07, 6.45) is 2.03. The molecular formula is C36H31N2O2+. The Morgan fingerprint density at radius 2 is 1.45 bits per heavy atom. The van der Waals surface area contributed by atoms with Gasteiger partial charge in [0.05, 0.1) is 13.7 Å². The minimum atomic E-state index is -0.171. The first kappa shape index (κ1) is 25.4. The third-order valence-corrected chi connectivity index (χ3v) is 7.59. The minimum absolute atomic E-state index is 0.171. The summed E-state index contributed by atoms with van der Waals surface area (Å²) in [5.41, 5.74) is 8.96. The Labute approximate surface area is 234 Å². The molecule has 196 valence electrons. The lowest BCUT2D eigenvalue weighted by molar-refractivity contribution is -0.660. The predicted octanol–water partition coefficient (Wildman–Crippen LogP) is 9.27. The first-order valence-electron chi connectivity index (χ1n) is 13.4. The SMILES string of the molecule is [C-]#[N+]c1ccc2c(oc3c(-c4cccc[n+]4C)c(OC)cc(C(C)(C)C)c32)c1-c1ccc(-c2ccccc2)cc1. The van der Waals surface area contributed by atoms with Gasteiger partial charge in [-0.25, -0.2) is 9.41 Å². The molecule has 6 rings (SSSR count). The highest BCUT2D eigenvalue weighted by atomic mass is 16.5. The molecular weight excluding hydrogens is 492 g/mol. The van der Waals surface area contributed by atoms with E-state index in [1.807, 2.05) is 55.7 Å². The van der Waals surface area contributed by atoms with Crippen molar-refractivity contribution in [3.8, 4) is 39.3 Å². The normalized spacial score (nSPS) is 11.6. The van der Waals surface area contributed by atoms with Gasteiger partial charge in [0, 0.05) is 28.5 Å². The highest BCUT2D eigenvalue weighted by Gasteiger charge is 2.30. The molecule has 4 heteroatoms. The van der Waals surface area contributed by atoms with Crippen molar-refractivity contribution >= 4 is 27.6 Å². The number of ether oxygens (including phenoxy) is 1. The topological polar surface area (TPSA) is 30.6 Å². The smallest absolute Gasteiger partial charge is 0.219 e. The Hall–Kier alpha value is -4.88. The Balaban J connectivity index is 1.71. The average Bonchev–Trinajstić information content (AvgIpc) is 3.35. The number of hydrogen-bond donors (Lipinski definition) is 0. The van der Waals surface area contributed by atoms with E-state index in [2.05, 4.69) is 78.7 Å². The zero-order valence-corrected chi connectivity index (χ0v) is 23.4. The molecule has 0 amide bonds. The van der Waals surface area contributed by atoms with Gasteiger partial charge < -0.3 is 9.15 Å². The van der Waals surface area contributed by atoms with E-state index in [9.17, 15) is 0 Å². The maximum absolute atomic E-state index is 7.99. The highest BCUT2D eigenvalue weighted by molar-refractivity contribution is 6.17. The molecule has 4 nitrogen and oxygen atoms in total. The molecule has 6 aromatic rings. The summed E-state index contributed by atoms with van der Waals surface area (Å²) in [7, 11) is 3.73. The van der Waals surface area contributed by atoms with Crippen LogP contribution in [-0.2, 0) is 12.5 Å². The van der Waals surface area contributed by atoms with Crippen molar-refractivity contribution in [3.63, 3.8) is 0 Å². The quantitative estimate of drug-likeness (QED) is 0.170. The van der Waals surface area contributed by atoms with Crippen LogP contribution >= 0.6 is 0 Å². The third kappa shape index (κ3) is 4.12. The number of fused-ring (bicyclic) bond motifs is 3. The van der Waals surface area contributed by atoms with E-state index >= 15 is 0 Å². The van der Waals surface area contributed by atoms with Crippen molar-refractivity contribution in [2.45, 2.75) is 26.2 Å². The molecule has 0 atom stereocenters. The van der Waals surface area contributed by atoms with Crippen LogP contribution in [0.15, 0.2) is 102 Å². The van der Waals surface area contributed by atoms with Gasteiger partial charge in [-0.3, -0.25) is 0 Å². The van der Waals surface area contributed by atoms with Crippen LogP contribution in [-0.4, -0.2) is 7.11 Å². The number of hydrogen-bond acceptors (Lipinski definition) is 2. The lowest BCUT2D eigenvalue weighted by Gasteiger charge is -2.22. The summed E-state index contributed by atoms with van der Waals surface area (Å²) in [6, 6.07) is 30.9. The van der Waals surface area contributed by atoms with E-state index in [-0.39, 0.29) is 5.41 Å². The van der Waals surface area contributed by atoms with Gasteiger partial charge in [0.25, 0.3) is 0 Å². The Bertz CT molecular complexity index is 1920. The van der Waals surface area contributed by atoms with Gasteiger partial charge in [-0.15, -0.1) is 0 Å². The van der Waals surface area contributed by atoms with Crippen LogP contribution < -0.4 is 9.30 Å². The van der Waals surface area contributed by atoms with E-state index in [4.69, 9.17) is 15.7 Å². The maximum Gasteiger partial charge on any atom is 0.219 e. The van der Waals surface area contributed by atoms with Crippen molar-refractivity contribution in [1.82, 2.24) is 0 Å². The first-order valence-corrected chi connectivity index (χ1v) is 13.4. The molecule has 2 aromatic heterocycles. The lowest BCUT2D eigenvalue weighted by Crippen LogP contribution is -2.30. The van der Waals surface area contributed by atoms with Crippen molar-refractivity contribution in [1.29, 1.82) is 0 Å². The zero-order chi connectivity index (χ0) is 28.0. The van der Waals surface area contributed by atoms with Crippen LogP contribution in [0.1, 0.15) is 26.3 Å². The number of benzene rings is 4. The summed E-state index contributed by atoms with van der Waals surface area (Å²) in [5, 5.41) is 2.05. The Morgan fingerprint density at radius 3 is 2.10 bits per heavy atom. The van der Waals surface area contributed by atoms with Gasteiger partial charge in [0.1, 0.15) is 23.9 Å².